The van der Waals surface area contributed by atoms with E-state index in [1.165, 1.54) is 19.3 Å². The van der Waals surface area contributed by atoms with Crippen LogP contribution in [0.25, 0.3) is 5.65 Å². The first-order valence-electron chi connectivity index (χ1n) is 6.18. The third kappa shape index (κ3) is 1.67. The summed E-state index contributed by atoms with van der Waals surface area (Å²) in [5.41, 5.74) is 5.76. The molecule has 3 N–H and O–H groups in total. The van der Waals surface area contributed by atoms with E-state index in [-0.39, 0.29) is 0 Å². The molecular formula is C12H17N5. The fourth-order valence-corrected chi connectivity index (χ4v) is 2.23. The molecule has 0 amide bonds. The van der Waals surface area contributed by atoms with Crippen molar-refractivity contribution >= 4 is 11.5 Å². The number of rotatable bonds is 3. The van der Waals surface area contributed by atoms with Gasteiger partial charge in [-0.25, -0.2) is 10.8 Å². The number of hydrogen-bond acceptors (Lipinski definition) is 4. The highest BCUT2D eigenvalue weighted by molar-refractivity contribution is 5.50. The molecule has 0 bridgehead atoms. The van der Waals surface area contributed by atoms with Gasteiger partial charge >= 0.3 is 0 Å². The molecule has 2 aromatic heterocycles. The van der Waals surface area contributed by atoms with Crippen LogP contribution in [0.3, 0.4) is 0 Å². The lowest BCUT2D eigenvalue weighted by atomic mass is 9.83. The molecule has 5 heteroatoms. The van der Waals surface area contributed by atoms with E-state index in [9.17, 15) is 0 Å². The minimum absolute atomic E-state index is 0.618. The number of nitrogens with one attached hydrogen (secondary N) is 1. The molecule has 17 heavy (non-hydrogen) atoms. The summed E-state index contributed by atoms with van der Waals surface area (Å²) in [7, 11) is 0. The van der Waals surface area contributed by atoms with E-state index in [1.54, 1.807) is 4.52 Å². The Morgan fingerprint density at radius 3 is 2.88 bits per heavy atom. The minimum atomic E-state index is 0.618. The van der Waals surface area contributed by atoms with E-state index in [1.807, 2.05) is 6.07 Å². The summed E-state index contributed by atoms with van der Waals surface area (Å²) < 4.78 is 1.80. The molecule has 0 radical (unpaired) electrons. The van der Waals surface area contributed by atoms with Gasteiger partial charge in [-0.05, 0) is 19.3 Å². The Morgan fingerprint density at radius 1 is 1.47 bits per heavy atom. The average molecular weight is 231 g/mol. The monoisotopic (exact) mass is 231 g/mol. The lowest BCUT2D eigenvalue weighted by Crippen LogP contribution is -2.13. The lowest BCUT2D eigenvalue weighted by molar-refractivity contribution is 0.410. The van der Waals surface area contributed by atoms with Crippen molar-refractivity contribution in [1.82, 2.24) is 14.6 Å². The molecule has 3 rings (SSSR count). The summed E-state index contributed by atoms with van der Waals surface area (Å²) in [6, 6.07) is 4.04. The zero-order chi connectivity index (χ0) is 11.8. The molecule has 1 fully saturated rings. The smallest absolute Gasteiger partial charge is 0.157 e. The number of anilines is 1. The first-order valence-corrected chi connectivity index (χ1v) is 6.18. The summed E-state index contributed by atoms with van der Waals surface area (Å²) in [5.74, 6) is 6.95. The van der Waals surface area contributed by atoms with Crippen molar-refractivity contribution in [3.05, 3.63) is 23.5 Å². The Labute approximate surface area is 100 Å². The fourth-order valence-electron chi connectivity index (χ4n) is 2.23. The summed E-state index contributed by atoms with van der Waals surface area (Å²) in [6.07, 6.45) is 4.70. The number of nitrogen functional groups attached to an aromatic ring is 1. The van der Waals surface area contributed by atoms with Crippen molar-refractivity contribution in [3.63, 3.8) is 0 Å². The highest BCUT2D eigenvalue weighted by atomic mass is 15.4. The second-order valence-corrected chi connectivity index (χ2v) is 4.60. The maximum absolute atomic E-state index is 5.53. The largest absolute Gasteiger partial charge is 0.308 e. The van der Waals surface area contributed by atoms with E-state index < -0.39 is 0 Å². The SMILES string of the molecule is CCc1cc(NN)n2nc(C3CCC3)cc2n1. The first-order chi connectivity index (χ1) is 8.31. The van der Waals surface area contributed by atoms with Gasteiger partial charge in [-0.3, -0.25) is 0 Å². The van der Waals surface area contributed by atoms with Gasteiger partial charge in [0.1, 0.15) is 5.82 Å². The molecule has 0 aliphatic heterocycles. The topological polar surface area (TPSA) is 68.2 Å². The third-order valence-electron chi connectivity index (χ3n) is 3.53. The minimum Gasteiger partial charge on any atom is -0.308 e. The predicted octanol–water partition coefficient (Wildman–Crippen LogP) is 1.84. The second kappa shape index (κ2) is 4.00. The number of aromatic nitrogens is 3. The van der Waals surface area contributed by atoms with E-state index in [0.29, 0.717) is 5.92 Å². The van der Waals surface area contributed by atoms with Gasteiger partial charge < -0.3 is 5.43 Å². The first kappa shape index (κ1) is 10.5. The van der Waals surface area contributed by atoms with Gasteiger partial charge in [-0.2, -0.15) is 9.61 Å². The zero-order valence-electron chi connectivity index (χ0n) is 9.98. The van der Waals surface area contributed by atoms with Gasteiger partial charge in [0.05, 0.1) is 5.69 Å². The lowest BCUT2D eigenvalue weighted by Gasteiger charge is -2.22. The van der Waals surface area contributed by atoms with Crippen LogP contribution in [-0.4, -0.2) is 14.6 Å². The quantitative estimate of drug-likeness (QED) is 0.625. The molecule has 2 heterocycles. The van der Waals surface area contributed by atoms with Crippen LogP contribution in [0.5, 0.6) is 0 Å². The Morgan fingerprint density at radius 2 is 2.29 bits per heavy atom. The highest BCUT2D eigenvalue weighted by Gasteiger charge is 2.23. The van der Waals surface area contributed by atoms with E-state index in [0.717, 1.165) is 29.3 Å². The maximum atomic E-state index is 5.53. The second-order valence-electron chi connectivity index (χ2n) is 4.60. The Balaban J connectivity index is 2.12. The van der Waals surface area contributed by atoms with Crippen molar-refractivity contribution in [3.8, 4) is 0 Å². The summed E-state index contributed by atoms with van der Waals surface area (Å²) in [4.78, 5) is 4.57. The molecular weight excluding hydrogens is 214 g/mol. The number of aryl methyl sites for hydroxylation is 1. The van der Waals surface area contributed by atoms with Crippen molar-refractivity contribution < 1.29 is 0 Å². The molecule has 0 unspecified atom stereocenters. The van der Waals surface area contributed by atoms with Gasteiger partial charge in [0.2, 0.25) is 0 Å². The molecule has 90 valence electrons. The van der Waals surface area contributed by atoms with E-state index in [4.69, 9.17) is 5.84 Å². The predicted molar refractivity (Wildman–Crippen MR) is 66.8 cm³/mol. The third-order valence-corrected chi connectivity index (χ3v) is 3.53. The number of nitrogens with zero attached hydrogens (tertiary/aromatic N) is 3. The standard InChI is InChI=1S/C12H17N5/c1-2-9-6-12(15-13)17-11(14-9)7-10(16-17)8-4-3-5-8/h6-8,15H,2-5,13H2,1H3. The number of nitrogens with two attached hydrogens (primary N) is 1. The van der Waals surface area contributed by atoms with Crippen LogP contribution in [0.15, 0.2) is 12.1 Å². The van der Waals surface area contributed by atoms with Crippen LogP contribution in [0.2, 0.25) is 0 Å². The molecule has 1 aliphatic rings. The van der Waals surface area contributed by atoms with Crippen LogP contribution in [0, 0.1) is 0 Å². The number of hydrazine groups is 1. The fraction of sp³-hybridized carbons (Fsp3) is 0.500. The van der Waals surface area contributed by atoms with Crippen LogP contribution >= 0.6 is 0 Å². The Bertz CT molecular complexity index is 541. The molecule has 0 saturated heterocycles. The molecule has 1 aliphatic carbocycles. The number of fused-ring (bicyclic) bond motifs is 1. The van der Waals surface area contributed by atoms with Crippen LogP contribution in [-0.2, 0) is 6.42 Å². The average Bonchev–Trinajstić information content (AvgIpc) is 2.68. The van der Waals surface area contributed by atoms with Gasteiger partial charge in [0.15, 0.2) is 5.65 Å². The van der Waals surface area contributed by atoms with Crippen molar-refractivity contribution in [2.75, 3.05) is 5.43 Å². The van der Waals surface area contributed by atoms with E-state index >= 15 is 0 Å². The van der Waals surface area contributed by atoms with Gasteiger partial charge in [0.25, 0.3) is 0 Å². The molecule has 0 aromatic carbocycles. The maximum Gasteiger partial charge on any atom is 0.157 e. The summed E-state index contributed by atoms with van der Waals surface area (Å²) in [5, 5.41) is 4.59. The van der Waals surface area contributed by atoms with Gasteiger partial charge in [-0.1, -0.05) is 13.3 Å². The number of hydrogen-bond donors (Lipinski definition) is 2. The van der Waals surface area contributed by atoms with Gasteiger partial charge in [-0.15, -0.1) is 0 Å². The Hall–Kier alpha value is -1.62. The normalized spacial score (nSPS) is 16.1. The molecule has 0 atom stereocenters. The summed E-state index contributed by atoms with van der Waals surface area (Å²) >= 11 is 0. The highest BCUT2D eigenvalue weighted by Crippen LogP contribution is 2.36. The van der Waals surface area contributed by atoms with Crippen LogP contribution in [0.1, 0.15) is 43.5 Å². The molecule has 0 spiro atoms. The van der Waals surface area contributed by atoms with Crippen molar-refractivity contribution in [2.45, 2.75) is 38.5 Å². The van der Waals surface area contributed by atoms with Crippen LogP contribution < -0.4 is 11.3 Å². The molecule has 1 saturated carbocycles. The van der Waals surface area contributed by atoms with Gasteiger partial charge in [0, 0.05) is 23.7 Å². The van der Waals surface area contributed by atoms with E-state index in [2.05, 4.69) is 28.5 Å². The molecule has 2 aromatic rings. The van der Waals surface area contributed by atoms with Crippen molar-refractivity contribution in [1.29, 1.82) is 0 Å². The molecule has 5 nitrogen and oxygen atoms in total. The Kier molecular flexibility index (Phi) is 2.48. The zero-order valence-corrected chi connectivity index (χ0v) is 9.98. The van der Waals surface area contributed by atoms with Crippen molar-refractivity contribution in [2.24, 2.45) is 5.84 Å². The van der Waals surface area contributed by atoms with Crippen LogP contribution in [0.4, 0.5) is 5.82 Å². The summed E-state index contributed by atoms with van der Waals surface area (Å²) in [6.45, 7) is 2.09.